The van der Waals surface area contributed by atoms with Crippen molar-refractivity contribution in [3.05, 3.63) is 54.1 Å². The molecule has 0 saturated heterocycles. The molecule has 0 spiro atoms. The van der Waals surface area contributed by atoms with Crippen molar-refractivity contribution >= 4 is 21.6 Å². The second kappa shape index (κ2) is 9.32. The predicted molar refractivity (Wildman–Crippen MR) is 104 cm³/mol. The molecule has 29 heavy (non-hydrogen) atoms. The van der Waals surface area contributed by atoms with Crippen molar-refractivity contribution in [1.29, 1.82) is 0 Å². The van der Waals surface area contributed by atoms with Crippen LogP contribution >= 0.6 is 0 Å². The largest absolute Gasteiger partial charge is 0.484 e. The molecular weight excluding hydrogens is 402 g/mol. The molecule has 2 aromatic rings. The molecule has 156 valence electrons. The van der Waals surface area contributed by atoms with Gasteiger partial charge in [0, 0.05) is 17.8 Å². The van der Waals surface area contributed by atoms with Gasteiger partial charge in [0.25, 0.3) is 5.91 Å². The molecule has 6 nitrogen and oxygen atoms in total. The standard InChI is InChI=1S/C20H22F2N2O4S/c21-18-11-6-15(12-19(18)22)23-20(25)13-28-16-7-9-17(10-8-16)29(26,27)24-14-4-2-1-3-5-14/h6-12,14,24H,1-5,13H2,(H,23,25). The molecular formula is C20H22F2N2O4S. The Bertz CT molecular complexity index is 959. The van der Waals surface area contributed by atoms with Crippen LogP contribution in [-0.4, -0.2) is 27.0 Å². The normalized spacial score (nSPS) is 15.1. The number of sulfonamides is 1. The zero-order valence-corrected chi connectivity index (χ0v) is 16.5. The van der Waals surface area contributed by atoms with Crippen LogP contribution in [0.3, 0.4) is 0 Å². The Balaban J connectivity index is 1.53. The van der Waals surface area contributed by atoms with Gasteiger partial charge in [-0.05, 0) is 49.2 Å². The number of benzene rings is 2. The van der Waals surface area contributed by atoms with E-state index in [9.17, 15) is 22.0 Å². The third kappa shape index (κ3) is 5.98. The number of hydrogen-bond donors (Lipinski definition) is 2. The van der Waals surface area contributed by atoms with Gasteiger partial charge >= 0.3 is 0 Å². The Hall–Kier alpha value is -2.52. The molecule has 2 aromatic carbocycles. The lowest BCUT2D eigenvalue weighted by atomic mass is 9.96. The van der Waals surface area contributed by atoms with E-state index in [1.165, 1.54) is 30.3 Å². The molecule has 1 aliphatic carbocycles. The van der Waals surface area contributed by atoms with Crippen LogP contribution in [0.5, 0.6) is 5.75 Å². The quantitative estimate of drug-likeness (QED) is 0.711. The smallest absolute Gasteiger partial charge is 0.262 e. The van der Waals surface area contributed by atoms with Crippen LogP contribution < -0.4 is 14.8 Å². The van der Waals surface area contributed by atoms with Gasteiger partial charge in [-0.3, -0.25) is 4.79 Å². The van der Waals surface area contributed by atoms with Crippen molar-refractivity contribution in [3.63, 3.8) is 0 Å². The zero-order valence-electron chi connectivity index (χ0n) is 15.7. The van der Waals surface area contributed by atoms with Crippen LogP contribution in [-0.2, 0) is 14.8 Å². The van der Waals surface area contributed by atoms with Crippen LogP contribution in [0.1, 0.15) is 32.1 Å². The minimum Gasteiger partial charge on any atom is -0.484 e. The summed E-state index contributed by atoms with van der Waals surface area (Å²) < 4.78 is 59.0. The van der Waals surface area contributed by atoms with Gasteiger partial charge in [0.15, 0.2) is 18.2 Å². The van der Waals surface area contributed by atoms with Gasteiger partial charge in [-0.1, -0.05) is 19.3 Å². The molecule has 1 amide bonds. The van der Waals surface area contributed by atoms with E-state index in [0.29, 0.717) is 5.75 Å². The van der Waals surface area contributed by atoms with Crippen LogP contribution in [0, 0.1) is 11.6 Å². The molecule has 1 saturated carbocycles. The highest BCUT2D eigenvalue weighted by atomic mass is 32.2. The summed E-state index contributed by atoms with van der Waals surface area (Å²) in [6.45, 7) is -0.370. The van der Waals surface area contributed by atoms with Crippen molar-refractivity contribution in [1.82, 2.24) is 4.72 Å². The lowest BCUT2D eigenvalue weighted by Crippen LogP contribution is -2.36. The van der Waals surface area contributed by atoms with Gasteiger partial charge in [0.1, 0.15) is 5.75 Å². The van der Waals surface area contributed by atoms with E-state index in [4.69, 9.17) is 4.74 Å². The number of carbonyl (C=O) groups excluding carboxylic acids is 1. The molecule has 0 unspecified atom stereocenters. The topological polar surface area (TPSA) is 84.5 Å². The summed E-state index contributed by atoms with van der Waals surface area (Å²) in [5.74, 6) is -2.33. The van der Waals surface area contributed by atoms with Crippen LogP contribution in [0.15, 0.2) is 47.4 Å². The summed E-state index contributed by atoms with van der Waals surface area (Å²) >= 11 is 0. The van der Waals surface area contributed by atoms with E-state index >= 15 is 0 Å². The number of hydrogen-bond acceptors (Lipinski definition) is 4. The molecule has 1 fully saturated rings. The Morgan fingerprint density at radius 1 is 1.00 bits per heavy atom. The summed E-state index contributed by atoms with van der Waals surface area (Å²) in [4.78, 5) is 12.0. The Labute approximate surface area is 168 Å². The number of ether oxygens (including phenoxy) is 1. The number of nitrogens with one attached hydrogen (secondary N) is 2. The number of halogens is 2. The fraction of sp³-hybridized carbons (Fsp3) is 0.350. The van der Waals surface area contributed by atoms with E-state index in [-0.39, 0.29) is 23.2 Å². The van der Waals surface area contributed by atoms with Crippen molar-refractivity contribution in [2.24, 2.45) is 0 Å². The van der Waals surface area contributed by atoms with E-state index in [0.717, 1.165) is 44.2 Å². The molecule has 0 radical (unpaired) electrons. The number of anilines is 1. The van der Waals surface area contributed by atoms with E-state index in [1.807, 2.05) is 0 Å². The van der Waals surface area contributed by atoms with Crippen molar-refractivity contribution in [2.45, 2.75) is 43.0 Å². The first-order valence-corrected chi connectivity index (χ1v) is 10.8. The molecule has 0 bridgehead atoms. The number of amides is 1. The van der Waals surface area contributed by atoms with E-state index in [1.54, 1.807) is 0 Å². The van der Waals surface area contributed by atoms with Crippen LogP contribution in [0.25, 0.3) is 0 Å². The van der Waals surface area contributed by atoms with Gasteiger partial charge in [-0.15, -0.1) is 0 Å². The lowest BCUT2D eigenvalue weighted by Gasteiger charge is -2.22. The highest BCUT2D eigenvalue weighted by Gasteiger charge is 2.21. The molecule has 9 heteroatoms. The highest BCUT2D eigenvalue weighted by Crippen LogP contribution is 2.21. The minimum absolute atomic E-state index is 0.0373. The van der Waals surface area contributed by atoms with Crippen LogP contribution in [0.2, 0.25) is 0 Å². The maximum Gasteiger partial charge on any atom is 0.262 e. The monoisotopic (exact) mass is 424 g/mol. The van der Waals surface area contributed by atoms with Gasteiger partial charge < -0.3 is 10.1 Å². The van der Waals surface area contributed by atoms with Gasteiger partial charge in [-0.2, -0.15) is 0 Å². The maximum absolute atomic E-state index is 13.2. The van der Waals surface area contributed by atoms with E-state index < -0.39 is 27.6 Å². The fourth-order valence-electron chi connectivity index (χ4n) is 3.14. The number of carbonyl (C=O) groups is 1. The first kappa shape index (κ1) is 21.2. The summed E-state index contributed by atoms with van der Waals surface area (Å²) in [5.41, 5.74) is 0.104. The summed E-state index contributed by atoms with van der Waals surface area (Å²) in [7, 11) is -3.61. The lowest BCUT2D eigenvalue weighted by molar-refractivity contribution is -0.118. The third-order valence-corrected chi connectivity index (χ3v) is 6.17. The number of rotatable bonds is 7. The molecule has 0 aliphatic heterocycles. The highest BCUT2D eigenvalue weighted by molar-refractivity contribution is 7.89. The average molecular weight is 424 g/mol. The summed E-state index contributed by atoms with van der Waals surface area (Å²) in [6.07, 6.45) is 4.86. The molecule has 2 N–H and O–H groups in total. The molecule has 0 atom stereocenters. The Morgan fingerprint density at radius 2 is 1.69 bits per heavy atom. The van der Waals surface area contributed by atoms with E-state index in [2.05, 4.69) is 10.0 Å². The zero-order chi connectivity index (χ0) is 20.9. The summed E-state index contributed by atoms with van der Waals surface area (Å²) in [6, 6.07) is 8.71. The van der Waals surface area contributed by atoms with Crippen LogP contribution in [0.4, 0.5) is 14.5 Å². The van der Waals surface area contributed by atoms with Gasteiger partial charge in [0.2, 0.25) is 10.0 Å². The second-order valence-electron chi connectivity index (χ2n) is 6.89. The molecule has 1 aliphatic rings. The second-order valence-corrected chi connectivity index (χ2v) is 8.61. The molecule has 0 heterocycles. The minimum atomic E-state index is -3.61. The SMILES string of the molecule is O=C(COc1ccc(S(=O)(=O)NC2CCCCC2)cc1)Nc1ccc(F)c(F)c1. The first-order chi connectivity index (χ1) is 13.8. The maximum atomic E-state index is 13.2. The average Bonchev–Trinajstić information content (AvgIpc) is 2.70. The van der Waals surface area contributed by atoms with Gasteiger partial charge in [-0.25, -0.2) is 21.9 Å². The Kier molecular flexibility index (Phi) is 6.81. The third-order valence-electron chi connectivity index (χ3n) is 4.63. The Morgan fingerprint density at radius 3 is 2.34 bits per heavy atom. The molecule has 3 rings (SSSR count). The van der Waals surface area contributed by atoms with Crippen molar-refractivity contribution in [2.75, 3.05) is 11.9 Å². The summed E-state index contributed by atoms with van der Waals surface area (Å²) in [5, 5.41) is 2.38. The fourth-order valence-corrected chi connectivity index (χ4v) is 4.45. The van der Waals surface area contributed by atoms with Crippen molar-refractivity contribution in [3.8, 4) is 5.75 Å². The predicted octanol–water partition coefficient (Wildman–Crippen LogP) is 3.59. The molecule has 0 aromatic heterocycles. The first-order valence-electron chi connectivity index (χ1n) is 9.33. The van der Waals surface area contributed by atoms with Crippen molar-refractivity contribution < 1.29 is 26.7 Å². The van der Waals surface area contributed by atoms with Gasteiger partial charge in [0.05, 0.1) is 4.90 Å².